The number of hydrogen-bond donors (Lipinski definition) is 2. The zero-order chi connectivity index (χ0) is 14.8. The van der Waals surface area contributed by atoms with Gasteiger partial charge < -0.3 is 11.1 Å². The second-order valence-corrected chi connectivity index (χ2v) is 5.68. The predicted molar refractivity (Wildman–Crippen MR) is 83.0 cm³/mol. The van der Waals surface area contributed by atoms with Crippen molar-refractivity contribution in [3.63, 3.8) is 0 Å². The summed E-state index contributed by atoms with van der Waals surface area (Å²) in [6.07, 6.45) is 4.35. The fourth-order valence-electron chi connectivity index (χ4n) is 2.49. The molecule has 3 rings (SSSR count). The predicted octanol–water partition coefficient (Wildman–Crippen LogP) is 2.30. The standard InChI is InChI=1S/C16H20N4O/c1-2-4-11-5-3-6-12-13(17)15(20-19-14(11)12)16(21)18-9-10-7-8-10/h3,5-6,10H,2,4,7-9H2,1H3,(H2,17,19)(H,18,21). The first kappa shape index (κ1) is 13.8. The number of carbonyl (C=O) groups is 1. The lowest BCUT2D eigenvalue weighted by atomic mass is 10.0. The highest BCUT2D eigenvalue weighted by Gasteiger charge is 2.23. The molecule has 110 valence electrons. The number of amides is 1. The highest BCUT2D eigenvalue weighted by molar-refractivity contribution is 6.04. The minimum absolute atomic E-state index is 0.227. The van der Waals surface area contributed by atoms with E-state index in [0.717, 1.165) is 29.3 Å². The fraction of sp³-hybridized carbons (Fsp3) is 0.438. The van der Waals surface area contributed by atoms with Crippen LogP contribution in [-0.4, -0.2) is 22.6 Å². The first-order valence-electron chi connectivity index (χ1n) is 7.52. The van der Waals surface area contributed by atoms with Gasteiger partial charge in [-0.1, -0.05) is 31.5 Å². The molecule has 1 aliphatic rings. The minimum Gasteiger partial charge on any atom is -0.396 e. The Bertz CT molecular complexity index is 679. The van der Waals surface area contributed by atoms with E-state index < -0.39 is 0 Å². The number of aryl methyl sites for hydroxylation is 1. The third-order valence-electron chi connectivity index (χ3n) is 3.90. The first-order chi connectivity index (χ1) is 10.2. The molecule has 0 spiro atoms. The molecular formula is C16H20N4O. The summed E-state index contributed by atoms with van der Waals surface area (Å²) < 4.78 is 0. The average Bonchev–Trinajstić information content (AvgIpc) is 3.30. The topological polar surface area (TPSA) is 80.9 Å². The number of benzene rings is 1. The molecule has 21 heavy (non-hydrogen) atoms. The summed E-state index contributed by atoms with van der Waals surface area (Å²) in [7, 11) is 0. The summed E-state index contributed by atoms with van der Waals surface area (Å²) in [4.78, 5) is 12.2. The smallest absolute Gasteiger partial charge is 0.273 e. The average molecular weight is 284 g/mol. The number of aromatic nitrogens is 2. The van der Waals surface area contributed by atoms with Crippen LogP contribution in [0.15, 0.2) is 18.2 Å². The highest BCUT2D eigenvalue weighted by atomic mass is 16.1. The molecule has 1 heterocycles. The van der Waals surface area contributed by atoms with Gasteiger partial charge in [-0.2, -0.15) is 0 Å². The maximum atomic E-state index is 12.2. The molecule has 1 aromatic carbocycles. The van der Waals surface area contributed by atoms with Gasteiger partial charge in [-0.3, -0.25) is 4.79 Å². The Kier molecular flexibility index (Phi) is 3.73. The van der Waals surface area contributed by atoms with Crippen LogP contribution in [0.5, 0.6) is 0 Å². The number of anilines is 1. The van der Waals surface area contributed by atoms with Gasteiger partial charge in [0.15, 0.2) is 5.69 Å². The number of hydrogen-bond acceptors (Lipinski definition) is 4. The van der Waals surface area contributed by atoms with Crippen LogP contribution in [0, 0.1) is 5.92 Å². The second-order valence-electron chi connectivity index (χ2n) is 5.68. The van der Waals surface area contributed by atoms with Crippen LogP contribution < -0.4 is 11.1 Å². The van der Waals surface area contributed by atoms with Crippen molar-refractivity contribution in [3.05, 3.63) is 29.5 Å². The second kappa shape index (κ2) is 5.68. The molecule has 0 radical (unpaired) electrons. The number of rotatable bonds is 5. The summed E-state index contributed by atoms with van der Waals surface area (Å²) in [6.45, 7) is 2.82. The van der Waals surface area contributed by atoms with Gasteiger partial charge in [-0.05, 0) is 30.7 Å². The molecule has 0 bridgehead atoms. The van der Waals surface area contributed by atoms with E-state index in [1.165, 1.54) is 12.8 Å². The van der Waals surface area contributed by atoms with Gasteiger partial charge in [-0.25, -0.2) is 0 Å². The van der Waals surface area contributed by atoms with Gasteiger partial charge in [0.2, 0.25) is 0 Å². The summed E-state index contributed by atoms with van der Waals surface area (Å²) in [5.41, 5.74) is 8.72. The normalized spacial score (nSPS) is 14.3. The molecule has 1 aliphatic carbocycles. The monoisotopic (exact) mass is 284 g/mol. The van der Waals surface area contributed by atoms with E-state index in [-0.39, 0.29) is 11.6 Å². The van der Waals surface area contributed by atoms with Crippen LogP contribution in [-0.2, 0) is 6.42 Å². The van der Waals surface area contributed by atoms with Crippen LogP contribution in [0.3, 0.4) is 0 Å². The molecular weight excluding hydrogens is 264 g/mol. The van der Waals surface area contributed by atoms with E-state index >= 15 is 0 Å². The maximum absolute atomic E-state index is 12.2. The largest absolute Gasteiger partial charge is 0.396 e. The molecule has 1 aromatic heterocycles. The van der Waals surface area contributed by atoms with E-state index in [1.54, 1.807) is 0 Å². The van der Waals surface area contributed by atoms with E-state index in [2.05, 4.69) is 22.4 Å². The van der Waals surface area contributed by atoms with Crippen LogP contribution in [0.25, 0.3) is 10.9 Å². The number of nitrogen functional groups attached to an aromatic ring is 1. The lowest BCUT2D eigenvalue weighted by Gasteiger charge is -2.10. The fourth-order valence-corrected chi connectivity index (χ4v) is 2.49. The third kappa shape index (κ3) is 2.82. The van der Waals surface area contributed by atoms with E-state index in [1.807, 2.05) is 18.2 Å². The number of nitrogens with two attached hydrogens (primary N) is 1. The van der Waals surface area contributed by atoms with Crippen molar-refractivity contribution in [1.82, 2.24) is 15.5 Å². The lowest BCUT2D eigenvalue weighted by Crippen LogP contribution is -2.27. The van der Waals surface area contributed by atoms with Gasteiger partial charge in [0, 0.05) is 11.9 Å². The molecule has 1 amide bonds. The molecule has 1 fully saturated rings. The Balaban J connectivity index is 1.93. The van der Waals surface area contributed by atoms with Crippen molar-refractivity contribution in [2.45, 2.75) is 32.6 Å². The number of nitrogens with zero attached hydrogens (tertiary/aromatic N) is 2. The van der Waals surface area contributed by atoms with E-state index in [0.29, 0.717) is 18.2 Å². The lowest BCUT2D eigenvalue weighted by molar-refractivity contribution is 0.0947. The minimum atomic E-state index is -0.227. The quantitative estimate of drug-likeness (QED) is 0.882. The molecule has 0 saturated heterocycles. The summed E-state index contributed by atoms with van der Waals surface area (Å²) in [6, 6.07) is 5.89. The Hall–Kier alpha value is -2.17. The van der Waals surface area contributed by atoms with Crippen molar-refractivity contribution in [2.75, 3.05) is 12.3 Å². The summed E-state index contributed by atoms with van der Waals surface area (Å²) in [5, 5.41) is 12.0. The molecule has 5 nitrogen and oxygen atoms in total. The molecule has 5 heteroatoms. The van der Waals surface area contributed by atoms with Gasteiger partial charge in [-0.15, -0.1) is 10.2 Å². The van der Waals surface area contributed by atoms with Crippen molar-refractivity contribution in [3.8, 4) is 0 Å². The van der Waals surface area contributed by atoms with Crippen LogP contribution in [0.1, 0.15) is 42.2 Å². The first-order valence-corrected chi connectivity index (χ1v) is 7.52. The van der Waals surface area contributed by atoms with Crippen molar-refractivity contribution < 1.29 is 4.79 Å². The zero-order valence-electron chi connectivity index (χ0n) is 12.2. The van der Waals surface area contributed by atoms with E-state index in [9.17, 15) is 4.79 Å². The summed E-state index contributed by atoms with van der Waals surface area (Å²) in [5.74, 6) is 0.398. The molecule has 0 unspecified atom stereocenters. The third-order valence-corrected chi connectivity index (χ3v) is 3.90. The van der Waals surface area contributed by atoms with Crippen LogP contribution >= 0.6 is 0 Å². The SMILES string of the molecule is CCCc1cccc2c(N)c(C(=O)NCC3CC3)nnc12. The van der Waals surface area contributed by atoms with Gasteiger partial charge in [0.05, 0.1) is 11.2 Å². The number of carbonyl (C=O) groups excluding carboxylic acids is 1. The van der Waals surface area contributed by atoms with Crippen LogP contribution in [0.2, 0.25) is 0 Å². The Morgan fingerprint density at radius 3 is 2.90 bits per heavy atom. The van der Waals surface area contributed by atoms with E-state index in [4.69, 9.17) is 5.73 Å². The highest BCUT2D eigenvalue weighted by Crippen LogP contribution is 2.28. The molecule has 1 saturated carbocycles. The summed E-state index contributed by atoms with van der Waals surface area (Å²) >= 11 is 0. The Morgan fingerprint density at radius 1 is 1.38 bits per heavy atom. The van der Waals surface area contributed by atoms with Gasteiger partial charge in [0.25, 0.3) is 5.91 Å². The zero-order valence-corrected chi connectivity index (χ0v) is 12.2. The van der Waals surface area contributed by atoms with Gasteiger partial charge >= 0.3 is 0 Å². The van der Waals surface area contributed by atoms with Crippen molar-refractivity contribution in [2.24, 2.45) is 5.92 Å². The van der Waals surface area contributed by atoms with Crippen LogP contribution in [0.4, 0.5) is 5.69 Å². The number of nitrogens with one attached hydrogen (secondary N) is 1. The van der Waals surface area contributed by atoms with Gasteiger partial charge in [0.1, 0.15) is 0 Å². The maximum Gasteiger partial charge on any atom is 0.273 e. The van der Waals surface area contributed by atoms with Crippen molar-refractivity contribution >= 4 is 22.5 Å². The Morgan fingerprint density at radius 2 is 2.19 bits per heavy atom. The van der Waals surface area contributed by atoms with Crippen molar-refractivity contribution in [1.29, 1.82) is 0 Å². The molecule has 0 aliphatic heterocycles. The molecule has 0 atom stereocenters. The molecule has 3 N–H and O–H groups in total. The molecule has 2 aromatic rings. The Labute approximate surface area is 123 Å². The number of fused-ring (bicyclic) bond motifs is 1.